The topological polar surface area (TPSA) is 59.0 Å². The van der Waals surface area contributed by atoms with E-state index in [0.717, 1.165) is 19.3 Å². The summed E-state index contributed by atoms with van der Waals surface area (Å²) in [7, 11) is 0. The number of rotatable bonds is 7. The first-order valence-corrected chi connectivity index (χ1v) is 8.93. The van der Waals surface area contributed by atoms with Gasteiger partial charge in [0.1, 0.15) is 17.4 Å². The van der Waals surface area contributed by atoms with Gasteiger partial charge < -0.3 is 14.6 Å². The number of ether oxygens (including phenoxy) is 2. The molecule has 0 saturated carbocycles. The molecule has 0 aromatic rings. The van der Waals surface area contributed by atoms with E-state index in [9.17, 15) is 9.90 Å². The van der Waals surface area contributed by atoms with Crippen molar-refractivity contribution in [3.63, 3.8) is 0 Å². The molecule has 1 N–H and O–H groups in total. The van der Waals surface area contributed by atoms with Gasteiger partial charge in [-0.1, -0.05) is 39.0 Å². The van der Waals surface area contributed by atoms with E-state index in [0.29, 0.717) is 0 Å². The zero-order chi connectivity index (χ0) is 17.7. The molecule has 0 aliphatic carbocycles. The molecule has 0 radical (unpaired) electrons. The number of carbonyl (C=O) groups excluding carboxylic acids is 1. The lowest BCUT2D eigenvalue weighted by atomic mass is 10.0. The van der Waals surface area contributed by atoms with E-state index >= 15 is 0 Å². The highest BCUT2D eigenvalue weighted by molar-refractivity contribution is 5.70. The molecule has 1 amide bonds. The van der Waals surface area contributed by atoms with Crippen LogP contribution >= 0.6 is 0 Å². The van der Waals surface area contributed by atoms with Gasteiger partial charge in [0.25, 0.3) is 0 Å². The van der Waals surface area contributed by atoms with Gasteiger partial charge in [-0.05, 0) is 41.0 Å². The molecular formula is C18H35NO4. The molecule has 1 rings (SSSR count). The Morgan fingerprint density at radius 1 is 1.22 bits per heavy atom. The van der Waals surface area contributed by atoms with Crippen molar-refractivity contribution in [3.05, 3.63) is 0 Å². The molecule has 2 atom stereocenters. The van der Waals surface area contributed by atoms with Gasteiger partial charge >= 0.3 is 6.09 Å². The number of aliphatic hydroxyl groups excluding tert-OH is 1. The number of aliphatic hydroxyl groups is 1. The van der Waals surface area contributed by atoms with E-state index in [-0.39, 0.29) is 24.8 Å². The summed E-state index contributed by atoms with van der Waals surface area (Å²) < 4.78 is 11.5. The average Bonchev–Trinajstić information content (AvgIpc) is 2.67. The van der Waals surface area contributed by atoms with Gasteiger partial charge in [-0.15, -0.1) is 0 Å². The third-order valence-corrected chi connectivity index (χ3v) is 4.15. The van der Waals surface area contributed by atoms with Crippen LogP contribution in [0.5, 0.6) is 0 Å². The fourth-order valence-electron chi connectivity index (χ4n) is 3.17. The summed E-state index contributed by atoms with van der Waals surface area (Å²) >= 11 is 0. The molecule has 0 spiro atoms. The van der Waals surface area contributed by atoms with Crippen LogP contribution < -0.4 is 0 Å². The molecule has 1 heterocycles. The average molecular weight is 329 g/mol. The molecule has 1 saturated heterocycles. The van der Waals surface area contributed by atoms with Crippen molar-refractivity contribution >= 4 is 6.09 Å². The monoisotopic (exact) mass is 329 g/mol. The Bertz CT molecular complexity index is 376. The van der Waals surface area contributed by atoms with Crippen molar-refractivity contribution in [2.45, 2.75) is 104 Å². The van der Waals surface area contributed by atoms with Gasteiger partial charge in [-0.3, -0.25) is 4.90 Å². The van der Waals surface area contributed by atoms with Crippen LogP contribution in [-0.4, -0.2) is 46.2 Å². The molecule has 0 unspecified atom stereocenters. The zero-order valence-electron chi connectivity index (χ0n) is 15.7. The van der Waals surface area contributed by atoms with Gasteiger partial charge in [0.15, 0.2) is 0 Å². The molecule has 1 fully saturated rings. The Morgan fingerprint density at radius 3 is 2.35 bits per heavy atom. The van der Waals surface area contributed by atoms with Crippen LogP contribution in [0, 0.1) is 0 Å². The minimum Gasteiger partial charge on any atom is -0.444 e. The lowest BCUT2D eigenvalue weighted by Gasteiger charge is -2.35. The molecule has 1 aliphatic heterocycles. The largest absolute Gasteiger partial charge is 0.444 e. The SMILES string of the molecule is CCCCCCC[C@@H]1[C@@H](CO)OC(C)(C)N1C(=O)OC(C)(C)C. The van der Waals surface area contributed by atoms with Gasteiger partial charge in [0.05, 0.1) is 12.6 Å². The predicted octanol–water partition coefficient (Wildman–Crippen LogP) is 4.08. The smallest absolute Gasteiger partial charge is 0.412 e. The van der Waals surface area contributed by atoms with E-state index in [2.05, 4.69) is 6.92 Å². The maximum absolute atomic E-state index is 12.6. The number of hydrogen-bond acceptors (Lipinski definition) is 4. The van der Waals surface area contributed by atoms with E-state index in [1.807, 2.05) is 34.6 Å². The lowest BCUT2D eigenvalue weighted by Crippen LogP contribution is -2.50. The highest BCUT2D eigenvalue weighted by atomic mass is 16.6. The maximum atomic E-state index is 12.6. The highest BCUT2D eigenvalue weighted by Gasteiger charge is 2.50. The number of nitrogens with zero attached hydrogens (tertiary/aromatic N) is 1. The predicted molar refractivity (Wildman–Crippen MR) is 91.3 cm³/mol. The maximum Gasteiger partial charge on any atom is 0.412 e. The lowest BCUT2D eigenvalue weighted by molar-refractivity contribution is -0.0866. The van der Waals surface area contributed by atoms with E-state index in [4.69, 9.17) is 9.47 Å². The molecular weight excluding hydrogens is 294 g/mol. The minimum atomic E-state index is -0.760. The first-order valence-electron chi connectivity index (χ1n) is 8.93. The molecule has 1 aliphatic rings. The van der Waals surface area contributed by atoms with Crippen molar-refractivity contribution in [3.8, 4) is 0 Å². The van der Waals surface area contributed by atoms with Crippen LogP contribution in [0.25, 0.3) is 0 Å². The Labute approximate surface area is 141 Å². The number of unbranched alkanes of at least 4 members (excludes halogenated alkanes) is 4. The third-order valence-electron chi connectivity index (χ3n) is 4.15. The van der Waals surface area contributed by atoms with E-state index in [1.54, 1.807) is 4.90 Å². The quantitative estimate of drug-likeness (QED) is 0.715. The van der Waals surface area contributed by atoms with E-state index < -0.39 is 11.3 Å². The first kappa shape index (κ1) is 20.2. The molecule has 0 bridgehead atoms. The normalized spacial score (nSPS) is 24.0. The highest BCUT2D eigenvalue weighted by Crippen LogP contribution is 2.36. The van der Waals surface area contributed by atoms with Gasteiger partial charge in [0.2, 0.25) is 0 Å². The van der Waals surface area contributed by atoms with Crippen LogP contribution in [0.15, 0.2) is 0 Å². The standard InChI is InChI=1S/C18H35NO4/c1-7-8-9-10-11-12-14-15(13-20)22-18(5,6)19(14)16(21)23-17(2,3)4/h14-15,20H,7-13H2,1-6H3/t14-,15-/m1/s1. The van der Waals surface area contributed by atoms with Crippen LogP contribution in [0.1, 0.15) is 80.1 Å². The Kier molecular flexibility index (Phi) is 7.33. The molecule has 0 aromatic carbocycles. The summed E-state index contributed by atoms with van der Waals surface area (Å²) in [6.45, 7) is 11.4. The first-order chi connectivity index (χ1) is 10.6. The fourth-order valence-corrected chi connectivity index (χ4v) is 3.17. The van der Waals surface area contributed by atoms with Crippen molar-refractivity contribution in [1.82, 2.24) is 4.90 Å². The molecule has 136 valence electrons. The van der Waals surface area contributed by atoms with Crippen LogP contribution in [0.4, 0.5) is 4.79 Å². The van der Waals surface area contributed by atoms with Crippen LogP contribution in [0.2, 0.25) is 0 Å². The zero-order valence-corrected chi connectivity index (χ0v) is 15.7. The Balaban J connectivity index is 2.76. The van der Waals surface area contributed by atoms with Crippen molar-refractivity contribution in [1.29, 1.82) is 0 Å². The fraction of sp³-hybridized carbons (Fsp3) is 0.944. The summed E-state index contributed by atoms with van der Waals surface area (Å²) in [5.41, 5.74) is -1.31. The summed E-state index contributed by atoms with van der Waals surface area (Å²) in [4.78, 5) is 14.3. The summed E-state index contributed by atoms with van der Waals surface area (Å²) in [5.74, 6) is 0. The van der Waals surface area contributed by atoms with Crippen molar-refractivity contribution < 1.29 is 19.4 Å². The molecule has 0 aromatic heterocycles. The van der Waals surface area contributed by atoms with Crippen molar-refractivity contribution in [2.75, 3.05) is 6.61 Å². The second kappa shape index (κ2) is 8.34. The van der Waals surface area contributed by atoms with E-state index in [1.165, 1.54) is 19.3 Å². The molecule has 23 heavy (non-hydrogen) atoms. The molecule has 5 heteroatoms. The van der Waals surface area contributed by atoms with Gasteiger partial charge in [0, 0.05) is 0 Å². The number of hydrogen-bond donors (Lipinski definition) is 1. The second-order valence-corrected chi connectivity index (χ2v) is 7.91. The minimum absolute atomic E-state index is 0.0810. The Morgan fingerprint density at radius 2 is 1.83 bits per heavy atom. The summed E-state index contributed by atoms with van der Waals surface area (Å²) in [6.07, 6.45) is 5.96. The second-order valence-electron chi connectivity index (χ2n) is 7.91. The Hall–Kier alpha value is -0.810. The molecule has 5 nitrogen and oxygen atoms in total. The third kappa shape index (κ3) is 5.96. The summed E-state index contributed by atoms with van der Waals surface area (Å²) in [5, 5.41) is 9.64. The number of carbonyl (C=O) groups is 1. The summed E-state index contributed by atoms with van der Waals surface area (Å²) in [6, 6.07) is -0.133. The van der Waals surface area contributed by atoms with Gasteiger partial charge in [-0.25, -0.2) is 4.79 Å². The van der Waals surface area contributed by atoms with Crippen molar-refractivity contribution in [2.24, 2.45) is 0 Å². The number of amides is 1. The van der Waals surface area contributed by atoms with Crippen LogP contribution in [-0.2, 0) is 9.47 Å². The van der Waals surface area contributed by atoms with Crippen LogP contribution in [0.3, 0.4) is 0 Å². The van der Waals surface area contributed by atoms with Gasteiger partial charge in [-0.2, -0.15) is 0 Å².